The van der Waals surface area contributed by atoms with E-state index in [2.05, 4.69) is 0 Å². The molecule has 2 aromatic rings. The number of rotatable bonds is 4. The molecule has 0 spiro atoms. The zero-order valence-electron chi connectivity index (χ0n) is 13.7. The predicted molar refractivity (Wildman–Crippen MR) is 90.9 cm³/mol. The van der Waals surface area contributed by atoms with Crippen molar-refractivity contribution < 1.29 is 9.63 Å². The van der Waals surface area contributed by atoms with Crippen molar-refractivity contribution in [2.45, 2.75) is 27.4 Å². The molecule has 0 saturated carbocycles. The van der Waals surface area contributed by atoms with Crippen LogP contribution in [0.15, 0.2) is 66.2 Å². The summed E-state index contributed by atoms with van der Waals surface area (Å²) in [5, 5.41) is 1.47. The minimum Gasteiger partial charge on any atom is -0.271 e. The smallest absolute Gasteiger partial charge is 0.260 e. The van der Waals surface area contributed by atoms with Crippen LogP contribution >= 0.6 is 0 Å². The highest BCUT2D eigenvalue weighted by Gasteiger charge is 2.45. The lowest BCUT2D eigenvalue weighted by atomic mass is 9.86. The molecule has 3 heteroatoms. The number of amides is 1. The van der Waals surface area contributed by atoms with Crippen molar-refractivity contribution in [1.29, 1.82) is 0 Å². The Bertz CT molecular complexity index is 733. The van der Waals surface area contributed by atoms with E-state index in [-0.39, 0.29) is 5.91 Å². The maximum Gasteiger partial charge on any atom is 0.260 e. The highest BCUT2D eigenvalue weighted by molar-refractivity contribution is 5.99. The summed E-state index contributed by atoms with van der Waals surface area (Å²) >= 11 is 0. The maximum absolute atomic E-state index is 12.8. The van der Waals surface area contributed by atoms with Gasteiger partial charge in [0.1, 0.15) is 6.61 Å². The van der Waals surface area contributed by atoms with Gasteiger partial charge < -0.3 is 0 Å². The molecule has 0 saturated heterocycles. The summed E-state index contributed by atoms with van der Waals surface area (Å²) in [6.07, 6.45) is 0. The van der Waals surface area contributed by atoms with Crippen LogP contribution in [-0.4, -0.2) is 11.0 Å². The van der Waals surface area contributed by atoms with Crippen LogP contribution in [-0.2, 0) is 16.2 Å². The van der Waals surface area contributed by atoms with Gasteiger partial charge in [-0.25, -0.2) is 0 Å². The van der Waals surface area contributed by atoms with Crippen LogP contribution in [0.3, 0.4) is 0 Å². The first-order valence-electron chi connectivity index (χ1n) is 7.80. The summed E-state index contributed by atoms with van der Waals surface area (Å²) in [5.41, 5.74) is 3.37. The molecule has 1 aliphatic rings. The molecule has 1 amide bonds. The topological polar surface area (TPSA) is 29.5 Å². The van der Waals surface area contributed by atoms with Crippen LogP contribution in [0.25, 0.3) is 5.70 Å². The van der Waals surface area contributed by atoms with E-state index < -0.39 is 5.41 Å². The number of hydroxylamine groups is 2. The minimum absolute atomic E-state index is 0.0233. The largest absolute Gasteiger partial charge is 0.271 e. The SMILES string of the molecule is CC1=C(c2ccccc2)N(OCc2ccccc2)C(=O)C1(C)C. The second-order valence-electron chi connectivity index (χ2n) is 6.32. The first-order valence-corrected chi connectivity index (χ1v) is 7.80. The van der Waals surface area contributed by atoms with Gasteiger partial charge in [0.25, 0.3) is 5.91 Å². The second kappa shape index (κ2) is 6.01. The molecule has 2 aromatic carbocycles. The average Bonchev–Trinajstić information content (AvgIpc) is 2.75. The molecule has 1 heterocycles. The molecule has 0 unspecified atom stereocenters. The molecule has 3 nitrogen and oxygen atoms in total. The third-order valence-corrected chi connectivity index (χ3v) is 4.47. The molecule has 0 fully saturated rings. The van der Waals surface area contributed by atoms with Gasteiger partial charge in [-0.15, -0.1) is 0 Å². The van der Waals surface area contributed by atoms with Gasteiger partial charge in [0, 0.05) is 5.56 Å². The predicted octanol–water partition coefficient (Wildman–Crippen LogP) is 4.42. The lowest BCUT2D eigenvalue weighted by molar-refractivity contribution is -0.173. The summed E-state index contributed by atoms with van der Waals surface area (Å²) < 4.78 is 0. The summed E-state index contributed by atoms with van der Waals surface area (Å²) in [6.45, 7) is 6.26. The maximum atomic E-state index is 12.8. The van der Waals surface area contributed by atoms with Gasteiger partial charge in [0.2, 0.25) is 0 Å². The molecule has 0 aromatic heterocycles. The second-order valence-corrected chi connectivity index (χ2v) is 6.32. The van der Waals surface area contributed by atoms with Crippen molar-refractivity contribution in [2.75, 3.05) is 0 Å². The average molecular weight is 307 g/mol. The Hall–Kier alpha value is -2.39. The molecular weight excluding hydrogens is 286 g/mol. The zero-order valence-corrected chi connectivity index (χ0v) is 13.7. The first kappa shape index (κ1) is 15.5. The van der Waals surface area contributed by atoms with Gasteiger partial charge in [-0.3, -0.25) is 9.63 Å². The fourth-order valence-electron chi connectivity index (χ4n) is 2.73. The summed E-state index contributed by atoms with van der Waals surface area (Å²) in [6, 6.07) is 19.8. The molecule has 0 N–H and O–H groups in total. The van der Waals surface area contributed by atoms with Crippen LogP contribution in [0.2, 0.25) is 0 Å². The first-order chi connectivity index (χ1) is 11.0. The summed E-state index contributed by atoms with van der Waals surface area (Å²) in [4.78, 5) is 18.7. The van der Waals surface area contributed by atoms with E-state index in [1.807, 2.05) is 81.4 Å². The van der Waals surface area contributed by atoms with Crippen molar-refractivity contribution in [2.24, 2.45) is 5.41 Å². The van der Waals surface area contributed by atoms with Crippen LogP contribution in [0, 0.1) is 5.41 Å². The van der Waals surface area contributed by atoms with Gasteiger partial charge in [0.15, 0.2) is 0 Å². The van der Waals surface area contributed by atoms with Gasteiger partial charge in [-0.1, -0.05) is 60.7 Å². The normalized spacial score (nSPS) is 17.0. The van der Waals surface area contributed by atoms with Crippen molar-refractivity contribution in [3.63, 3.8) is 0 Å². The Labute approximate surface area is 137 Å². The Kier molecular flexibility index (Phi) is 4.05. The van der Waals surface area contributed by atoms with Crippen molar-refractivity contribution in [3.05, 3.63) is 77.4 Å². The molecule has 23 heavy (non-hydrogen) atoms. The van der Waals surface area contributed by atoms with Crippen LogP contribution in [0.5, 0.6) is 0 Å². The van der Waals surface area contributed by atoms with E-state index >= 15 is 0 Å². The Morgan fingerprint density at radius 3 is 2.13 bits per heavy atom. The zero-order chi connectivity index (χ0) is 16.4. The van der Waals surface area contributed by atoms with Crippen molar-refractivity contribution in [3.8, 4) is 0 Å². The summed E-state index contributed by atoms with van der Waals surface area (Å²) in [7, 11) is 0. The fraction of sp³-hybridized carbons (Fsp3) is 0.250. The Balaban J connectivity index is 1.92. The number of nitrogens with zero attached hydrogens (tertiary/aromatic N) is 1. The van der Waals surface area contributed by atoms with E-state index in [1.165, 1.54) is 5.06 Å². The number of hydrogen-bond acceptors (Lipinski definition) is 2. The molecule has 0 aliphatic carbocycles. The minimum atomic E-state index is -0.554. The Morgan fingerprint density at radius 2 is 1.52 bits per heavy atom. The number of hydrogen-bond donors (Lipinski definition) is 0. The number of carbonyl (C=O) groups is 1. The lowest BCUT2D eigenvalue weighted by Crippen LogP contribution is -2.33. The molecule has 3 rings (SSSR count). The van der Waals surface area contributed by atoms with Gasteiger partial charge >= 0.3 is 0 Å². The number of carbonyl (C=O) groups excluding carboxylic acids is 1. The van der Waals surface area contributed by atoms with Crippen LogP contribution in [0.4, 0.5) is 0 Å². The molecule has 118 valence electrons. The van der Waals surface area contributed by atoms with E-state index in [9.17, 15) is 4.79 Å². The van der Waals surface area contributed by atoms with E-state index in [0.29, 0.717) is 6.61 Å². The Morgan fingerprint density at radius 1 is 0.957 bits per heavy atom. The lowest BCUT2D eigenvalue weighted by Gasteiger charge is -2.22. The fourth-order valence-corrected chi connectivity index (χ4v) is 2.73. The van der Waals surface area contributed by atoms with E-state index in [0.717, 1.165) is 22.4 Å². The van der Waals surface area contributed by atoms with Gasteiger partial charge in [-0.05, 0) is 31.9 Å². The summed E-state index contributed by atoms with van der Waals surface area (Å²) in [5.74, 6) is -0.0233. The van der Waals surface area contributed by atoms with E-state index in [4.69, 9.17) is 4.84 Å². The molecule has 0 bridgehead atoms. The van der Waals surface area contributed by atoms with Crippen LogP contribution < -0.4 is 0 Å². The highest BCUT2D eigenvalue weighted by atomic mass is 16.7. The molecule has 0 radical (unpaired) electrons. The molecule has 0 atom stereocenters. The van der Waals surface area contributed by atoms with Crippen molar-refractivity contribution >= 4 is 11.6 Å². The highest BCUT2D eigenvalue weighted by Crippen LogP contribution is 2.43. The van der Waals surface area contributed by atoms with Crippen LogP contribution in [0.1, 0.15) is 31.9 Å². The van der Waals surface area contributed by atoms with E-state index in [1.54, 1.807) is 0 Å². The molecule has 1 aliphatic heterocycles. The third kappa shape index (κ3) is 2.80. The molecular formula is C20H21NO2. The van der Waals surface area contributed by atoms with Gasteiger partial charge in [-0.2, -0.15) is 5.06 Å². The monoisotopic (exact) mass is 307 g/mol. The number of benzene rings is 2. The van der Waals surface area contributed by atoms with Gasteiger partial charge in [0.05, 0.1) is 11.1 Å². The quantitative estimate of drug-likeness (QED) is 0.837. The standard InChI is InChI=1S/C20H21NO2/c1-15-18(17-12-8-5-9-13-17)21(19(22)20(15,2)3)23-14-16-10-6-4-7-11-16/h4-13H,14H2,1-3H3. The third-order valence-electron chi connectivity index (χ3n) is 4.47. The van der Waals surface area contributed by atoms with Crippen molar-refractivity contribution in [1.82, 2.24) is 5.06 Å².